The van der Waals surface area contributed by atoms with Gasteiger partial charge in [0.25, 0.3) is 0 Å². The molecule has 1 aliphatic rings. The van der Waals surface area contributed by atoms with Gasteiger partial charge in [-0.15, -0.1) is 0 Å². The van der Waals surface area contributed by atoms with Crippen LogP contribution in [0.25, 0.3) is 0 Å². The Morgan fingerprint density at radius 1 is 0.958 bits per heavy atom. The lowest BCUT2D eigenvalue weighted by Crippen LogP contribution is -2.39. The molecule has 24 heavy (non-hydrogen) atoms. The van der Waals surface area contributed by atoms with E-state index in [-0.39, 0.29) is 0 Å². The van der Waals surface area contributed by atoms with Gasteiger partial charge in [0.15, 0.2) is 0 Å². The first-order valence-corrected chi connectivity index (χ1v) is 8.95. The molecule has 3 nitrogen and oxygen atoms in total. The van der Waals surface area contributed by atoms with Crippen LogP contribution in [0.1, 0.15) is 43.7 Å². The zero-order valence-electron chi connectivity index (χ0n) is 14.7. The van der Waals surface area contributed by atoms with Crippen molar-refractivity contribution < 1.29 is 4.74 Å². The molecule has 3 rings (SSSR count). The number of benzene rings is 2. The highest BCUT2D eigenvalue weighted by Crippen LogP contribution is 2.24. The van der Waals surface area contributed by atoms with E-state index in [4.69, 9.17) is 10.5 Å². The van der Waals surface area contributed by atoms with Gasteiger partial charge in [0.1, 0.15) is 11.5 Å². The number of rotatable bonds is 5. The number of nitrogens with zero attached hydrogens (tertiary/aromatic N) is 1. The molecule has 0 saturated carbocycles. The number of hydrogen-bond acceptors (Lipinski definition) is 3. The Morgan fingerprint density at radius 2 is 1.50 bits per heavy atom. The van der Waals surface area contributed by atoms with Crippen LogP contribution in [0.2, 0.25) is 0 Å². The summed E-state index contributed by atoms with van der Waals surface area (Å²) in [6.45, 7) is 7.59. The maximum Gasteiger partial charge on any atom is 0.127 e. The third-order valence-corrected chi connectivity index (χ3v) is 4.74. The highest BCUT2D eigenvalue weighted by atomic mass is 16.5. The topological polar surface area (TPSA) is 38.5 Å². The van der Waals surface area contributed by atoms with Crippen LogP contribution in [-0.2, 0) is 6.54 Å². The van der Waals surface area contributed by atoms with Gasteiger partial charge < -0.3 is 10.5 Å². The summed E-state index contributed by atoms with van der Waals surface area (Å²) in [7, 11) is 0. The third kappa shape index (κ3) is 4.59. The van der Waals surface area contributed by atoms with Crippen LogP contribution >= 0.6 is 0 Å². The molecule has 2 N–H and O–H groups in total. The molecule has 1 aliphatic heterocycles. The minimum Gasteiger partial charge on any atom is -0.457 e. The minimum atomic E-state index is 0.388. The molecule has 1 saturated heterocycles. The van der Waals surface area contributed by atoms with Gasteiger partial charge in [-0.1, -0.05) is 38.1 Å². The normalized spacial score (nSPS) is 16.5. The zero-order chi connectivity index (χ0) is 16.9. The highest BCUT2D eigenvalue weighted by molar-refractivity contribution is 5.35. The maximum absolute atomic E-state index is 5.97. The SMILES string of the molecule is CC(C)c1ccc(Oc2ccc(CN3CCC(N)CC3)cc2)cc1. The molecule has 3 heteroatoms. The third-order valence-electron chi connectivity index (χ3n) is 4.74. The number of ether oxygens (including phenoxy) is 1. The van der Waals surface area contributed by atoms with E-state index in [9.17, 15) is 0 Å². The fourth-order valence-corrected chi connectivity index (χ4v) is 3.09. The quantitative estimate of drug-likeness (QED) is 0.878. The molecule has 0 spiro atoms. The van der Waals surface area contributed by atoms with Crippen molar-refractivity contribution in [2.24, 2.45) is 5.73 Å². The summed E-state index contributed by atoms with van der Waals surface area (Å²) in [4.78, 5) is 2.48. The largest absolute Gasteiger partial charge is 0.457 e. The van der Waals surface area contributed by atoms with Crippen LogP contribution in [0, 0.1) is 0 Å². The number of nitrogens with two attached hydrogens (primary N) is 1. The van der Waals surface area contributed by atoms with E-state index in [1.54, 1.807) is 0 Å². The molecule has 0 radical (unpaired) electrons. The first-order valence-electron chi connectivity index (χ1n) is 8.95. The summed E-state index contributed by atoms with van der Waals surface area (Å²) < 4.78 is 5.94. The van der Waals surface area contributed by atoms with Crippen molar-refractivity contribution >= 4 is 0 Å². The van der Waals surface area contributed by atoms with Crippen LogP contribution in [0.15, 0.2) is 48.5 Å². The van der Waals surface area contributed by atoms with Crippen LogP contribution < -0.4 is 10.5 Å². The van der Waals surface area contributed by atoms with Gasteiger partial charge >= 0.3 is 0 Å². The standard InChI is InChI=1S/C21H28N2O/c1-16(2)18-5-9-21(10-6-18)24-20-7-3-17(4-8-20)15-23-13-11-19(22)12-14-23/h3-10,16,19H,11-15,22H2,1-2H3. The second kappa shape index (κ2) is 7.82. The fourth-order valence-electron chi connectivity index (χ4n) is 3.09. The summed E-state index contributed by atoms with van der Waals surface area (Å²) in [5.74, 6) is 2.32. The van der Waals surface area contributed by atoms with E-state index in [1.807, 2.05) is 12.1 Å². The first kappa shape index (κ1) is 17.0. The van der Waals surface area contributed by atoms with E-state index in [2.05, 4.69) is 55.1 Å². The number of hydrogen-bond donors (Lipinski definition) is 1. The van der Waals surface area contributed by atoms with Crippen LogP contribution in [-0.4, -0.2) is 24.0 Å². The van der Waals surface area contributed by atoms with Crippen molar-refractivity contribution in [3.63, 3.8) is 0 Å². The van der Waals surface area contributed by atoms with Gasteiger partial charge in [0.05, 0.1) is 0 Å². The van der Waals surface area contributed by atoms with Crippen molar-refractivity contribution in [2.45, 2.75) is 45.2 Å². The summed E-state index contributed by atoms with van der Waals surface area (Å²) in [5.41, 5.74) is 8.63. The van der Waals surface area contributed by atoms with Crippen LogP contribution in [0.4, 0.5) is 0 Å². The van der Waals surface area contributed by atoms with Gasteiger partial charge in [-0.05, 0) is 67.2 Å². The summed E-state index contributed by atoms with van der Waals surface area (Å²) in [6.07, 6.45) is 2.21. The molecule has 2 aromatic carbocycles. The highest BCUT2D eigenvalue weighted by Gasteiger charge is 2.15. The molecule has 128 valence electrons. The van der Waals surface area contributed by atoms with E-state index in [0.29, 0.717) is 12.0 Å². The molecular formula is C21H28N2O. The van der Waals surface area contributed by atoms with Crippen molar-refractivity contribution in [2.75, 3.05) is 13.1 Å². The summed E-state index contributed by atoms with van der Waals surface area (Å²) in [5, 5.41) is 0. The average Bonchev–Trinajstić information content (AvgIpc) is 2.59. The van der Waals surface area contributed by atoms with Crippen molar-refractivity contribution in [1.82, 2.24) is 4.90 Å². The minimum absolute atomic E-state index is 0.388. The summed E-state index contributed by atoms with van der Waals surface area (Å²) >= 11 is 0. The molecule has 2 aromatic rings. The lowest BCUT2D eigenvalue weighted by molar-refractivity contribution is 0.205. The van der Waals surface area contributed by atoms with E-state index in [0.717, 1.165) is 44.0 Å². The van der Waals surface area contributed by atoms with Gasteiger partial charge in [-0.2, -0.15) is 0 Å². The zero-order valence-corrected chi connectivity index (χ0v) is 14.7. The van der Waals surface area contributed by atoms with Gasteiger partial charge in [-0.3, -0.25) is 4.90 Å². The smallest absolute Gasteiger partial charge is 0.127 e. The average molecular weight is 324 g/mol. The van der Waals surface area contributed by atoms with Crippen LogP contribution in [0.3, 0.4) is 0 Å². The van der Waals surface area contributed by atoms with E-state index >= 15 is 0 Å². The maximum atomic E-state index is 5.97. The Hall–Kier alpha value is -1.84. The van der Waals surface area contributed by atoms with Gasteiger partial charge in [0.2, 0.25) is 0 Å². The first-order chi connectivity index (χ1) is 11.6. The van der Waals surface area contributed by atoms with Gasteiger partial charge in [0, 0.05) is 12.6 Å². The Kier molecular flexibility index (Phi) is 5.54. The molecule has 0 atom stereocenters. The molecule has 0 aromatic heterocycles. The second-order valence-electron chi connectivity index (χ2n) is 7.08. The molecular weight excluding hydrogens is 296 g/mol. The molecule has 1 fully saturated rings. The predicted octanol–water partition coefficient (Wildman–Crippen LogP) is 4.53. The molecule has 0 amide bonds. The van der Waals surface area contributed by atoms with Crippen molar-refractivity contribution in [3.05, 3.63) is 59.7 Å². The Balaban J connectivity index is 1.56. The molecule has 0 unspecified atom stereocenters. The fraction of sp³-hybridized carbons (Fsp3) is 0.429. The molecule has 1 heterocycles. The lowest BCUT2D eigenvalue weighted by Gasteiger charge is -2.30. The number of piperidine rings is 1. The Morgan fingerprint density at radius 3 is 2.04 bits per heavy atom. The van der Waals surface area contributed by atoms with Gasteiger partial charge in [-0.25, -0.2) is 0 Å². The lowest BCUT2D eigenvalue weighted by atomic mass is 10.0. The summed E-state index contributed by atoms with van der Waals surface area (Å²) in [6, 6.07) is 17.2. The number of likely N-dealkylation sites (tertiary alicyclic amines) is 1. The Bertz CT molecular complexity index is 626. The monoisotopic (exact) mass is 324 g/mol. The van der Waals surface area contributed by atoms with Crippen molar-refractivity contribution in [1.29, 1.82) is 0 Å². The van der Waals surface area contributed by atoms with E-state index < -0.39 is 0 Å². The van der Waals surface area contributed by atoms with Crippen LogP contribution in [0.5, 0.6) is 11.5 Å². The Labute approximate surface area is 145 Å². The van der Waals surface area contributed by atoms with Crippen molar-refractivity contribution in [3.8, 4) is 11.5 Å². The predicted molar refractivity (Wildman–Crippen MR) is 99.5 cm³/mol. The second-order valence-corrected chi connectivity index (χ2v) is 7.08. The van der Waals surface area contributed by atoms with E-state index in [1.165, 1.54) is 11.1 Å². The molecule has 0 bridgehead atoms. The molecule has 0 aliphatic carbocycles.